The molecule has 2 aliphatic heterocycles. The first-order chi connectivity index (χ1) is 33.7. The highest BCUT2D eigenvalue weighted by molar-refractivity contribution is 7.80. The van der Waals surface area contributed by atoms with Gasteiger partial charge in [-0.1, -0.05) is 44.5 Å². The molecule has 25 heteroatoms. The molecule has 5 rings (SSSR count). The minimum Gasteiger partial charge on any atom is -0.508 e. The number of phenolic OH excluding ortho intramolecular Hbond substituents is 2. The van der Waals surface area contributed by atoms with Gasteiger partial charge in [0.1, 0.15) is 55.1 Å². The summed E-state index contributed by atoms with van der Waals surface area (Å²) < 4.78 is 65.1. The van der Waals surface area contributed by atoms with Crippen molar-refractivity contribution in [3.8, 4) is 11.5 Å². The fraction of sp³-hybridized carbons (Fsp3) is 0.609. The van der Waals surface area contributed by atoms with E-state index in [1.165, 1.54) is 53.4 Å². The van der Waals surface area contributed by atoms with Crippen molar-refractivity contribution in [2.45, 2.75) is 133 Å². The monoisotopic (exact) mass is 1020 g/mol. The number of fused-ring (bicyclic) bond motifs is 1. The fourth-order valence-electron chi connectivity index (χ4n) is 8.80. The van der Waals surface area contributed by atoms with Crippen molar-refractivity contribution < 1.29 is 85.2 Å². The molecular weight excluding hydrogens is 957 g/mol. The van der Waals surface area contributed by atoms with Gasteiger partial charge in [-0.3, -0.25) is 33.5 Å². The average Bonchev–Trinajstić information content (AvgIpc) is 3.71. The summed E-state index contributed by atoms with van der Waals surface area (Å²) in [4.78, 5) is 74.3. The van der Waals surface area contributed by atoms with Crippen LogP contribution in [0, 0.1) is 11.8 Å². The van der Waals surface area contributed by atoms with E-state index in [0.717, 1.165) is 7.11 Å². The molecule has 3 aliphatic rings. The van der Waals surface area contributed by atoms with Crippen molar-refractivity contribution in [2.75, 3.05) is 33.4 Å². The lowest BCUT2D eigenvalue weighted by Gasteiger charge is -2.44. The number of aliphatic hydroxyl groups excluding tert-OH is 2. The molecule has 0 bridgehead atoms. The van der Waals surface area contributed by atoms with Gasteiger partial charge in [0.05, 0.1) is 18.9 Å². The SMILES string of the molecule is CC[C@@H](C)[C@@H](NC(=O)C(COS(=O)(=O)O)OC)C(=O)N1[C@H](C(=O)NCCCCN=C(N)N)C[C@@H]2CC[C@@H](O[C@H]3O[C@H](COC(=O)Cc4ccc(O)cc4)[C@@H](O)[C@H](O)[C@H]3OC(=O)Cc3ccc(O)cc3)C[C@@H]21. The molecule has 1 unspecified atom stereocenters. The van der Waals surface area contributed by atoms with E-state index < -0.39 is 120 Å². The zero-order valence-electron chi connectivity index (χ0n) is 39.7. The van der Waals surface area contributed by atoms with Gasteiger partial charge in [-0.2, -0.15) is 8.42 Å². The maximum absolute atomic E-state index is 15.0. The first-order valence-corrected chi connectivity index (χ1v) is 24.7. The summed E-state index contributed by atoms with van der Waals surface area (Å²) in [5.41, 5.74) is 11.8. The number of esters is 2. The van der Waals surface area contributed by atoms with Crippen LogP contribution in [0.3, 0.4) is 0 Å². The van der Waals surface area contributed by atoms with Crippen LogP contribution in [0.5, 0.6) is 11.5 Å². The summed E-state index contributed by atoms with van der Waals surface area (Å²) >= 11 is 0. The van der Waals surface area contributed by atoms with E-state index >= 15 is 4.79 Å². The number of rotatable bonds is 24. The minimum atomic E-state index is -4.96. The third-order valence-electron chi connectivity index (χ3n) is 12.8. The van der Waals surface area contributed by atoms with Crippen LogP contribution in [0.4, 0.5) is 0 Å². The number of aliphatic imine (C=N–C) groups is 1. The normalized spacial score (nSPS) is 25.4. The van der Waals surface area contributed by atoms with Gasteiger partial charge in [0.25, 0.3) is 5.91 Å². The highest BCUT2D eigenvalue weighted by Crippen LogP contribution is 2.42. The van der Waals surface area contributed by atoms with Gasteiger partial charge in [0, 0.05) is 26.2 Å². The summed E-state index contributed by atoms with van der Waals surface area (Å²) in [6, 6.07) is 8.59. The number of hydrogen-bond acceptors (Lipinski definition) is 18. The fourth-order valence-corrected chi connectivity index (χ4v) is 9.10. The first-order valence-electron chi connectivity index (χ1n) is 23.4. The highest BCUT2D eigenvalue weighted by atomic mass is 32.3. The van der Waals surface area contributed by atoms with E-state index in [2.05, 4.69) is 19.8 Å². The van der Waals surface area contributed by atoms with Gasteiger partial charge in [-0.05, 0) is 85.8 Å². The lowest BCUT2D eigenvalue weighted by molar-refractivity contribution is -0.316. The van der Waals surface area contributed by atoms with Crippen molar-refractivity contribution in [1.29, 1.82) is 0 Å². The number of nitrogens with zero attached hydrogens (tertiary/aromatic N) is 2. The Balaban J connectivity index is 1.40. The van der Waals surface area contributed by atoms with E-state index in [-0.39, 0.29) is 55.6 Å². The third-order valence-corrected chi connectivity index (χ3v) is 13.2. The third kappa shape index (κ3) is 16.4. The van der Waals surface area contributed by atoms with E-state index in [4.69, 9.17) is 39.7 Å². The van der Waals surface area contributed by atoms with Gasteiger partial charge in [-0.25, -0.2) is 4.18 Å². The number of ether oxygens (including phenoxy) is 5. The molecule has 3 fully saturated rings. The van der Waals surface area contributed by atoms with Gasteiger partial charge in [-0.15, -0.1) is 0 Å². The maximum Gasteiger partial charge on any atom is 0.397 e. The zero-order valence-corrected chi connectivity index (χ0v) is 40.6. The Morgan fingerprint density at radius 1 is 0.915 bits per heavy atom. The Bertz CT molecular complexity index is 2250. The van der Waals surface area contributed by atoms with Crippen molar-refractivity contribution in [1.82, 2.24) is 15.5 Å². The second-order valence-electron chi connectivity index (χ2n) is 17.9. The van der Waals surface area contributed by atoms with E-state index in [0.29, 0.717) is 49.8 Å². The van der Waals surface area contributed by atoms with Gasteiger partial charge >= 0.3 is 22.3 Å². The van der Waals surface area contributed by atoms with Crippen LogP contribution in [0.2, 0.25) is 0 Å². The predicted molar refractivity (Wildman–Crippen MR) is 249 cm³/mol. The predicted octanol–water partition coefficient (Wildman–Crippen LogP) is -0.525. The summed E-state index contributed by atoms with van der Waals surface area (Å²) in [6.07, 6.45) is -8.62. The van der Waals surface area contributed by atoms with Crippen LogP contribution < -0.4 is 22.1 Å². The summed E-state index contributed by atoms with van der Waals surface area (Å²) in [5.74, 6) is -4.51. The molecule has 2 aromatic rings. The van der Waals surface area contributed by atoms with Crippen molar-refractivity contribution >= 4 is 46.0 Å². The number of unbranched alkanes of at least 4 members (excludes halogenated alkanes) is 1. The lowest BCUT2D eigenvalue weighted by Crippen LogP contribution is -2.62. The largest absolute Gasteiger partial charge is 0.508 e. The Morgan fingerprint density at radius 3 is 2.14 bits per heavy atom. The average molecular weight is 1020 g/mol. The van der Waals surface area contributed by atoms with E-state index in [9.17, 15) is 48.0 Å². The Labute approximate surface area is 411 Å². The number of guanidine groups is 1. The number of hydrogen-bond donors (Lipinski definition) is 9. The molecule has 24 nitrogen and oxygen atoms in total. The van der Waals surface area contributed by atoms with Crippen LogP contribution in [0.1, 0.15) is 69.9 Å². The molecule has 2 saturated heterocycles. The van der Waals surface area contributed by atoms with E-state index in [1.807, 2.05) is 0 Å². The standard InChI is InChI=1S/C46H66N6O18S/c1-4-25(2)38(51-43(60)35(65-3)24-67-71(62,63)64)44(61)52-32-22-31(16-11-28(32)21-33(52)42(59)49-17-5-6-18-50-46(47)48)68-45-41(70-37(56)20-27-9-14-30(54)15-10-27)40(58)39(57)34(69-45)23-66-36(55)19-26-7-12-29(53)13-8-26/h7-10,12-15,25,28,31-35,38-41,45,53-54,57-58H,4-6,11,16-24H2,1-3H3,(H,49,59)(H,51,60)(H4,47,48,50)(H,62,63,64)/t25-,28+,31-,32+,33+,34-,35?,38-,39-,40+,41-,45+/m1/s1. The molecule has 1 saturated carbocycles. The maximum atomic E-state index is 15.0. The summed E-state index contributed by atoms with van der Waals surface area (Å²) in [7, 11) is -3.85. The van der Waals surface area contributed by atoms with Crippen LogP contribution in [-0.2, 0) is 75.1 Å². The van der Waals surface area contributed by atoms with Gasteiger partial charge in [0.2, 0.25) is 11.8 Å². The van der Waals surface area contributed by atoms with Crippen molar-refractivity contribution in [3.05, 3.63) is 59.7 Å². The molecule has 11 N–H and O–H groups in total. The molecule has 0 spiro atoms. The number of nitrogens with one attached hydrogen (secondary N) is 2. The quantitative estimate of drug-likeness (QED) is 0.0210. The Morgan fingerprint density at radius 2 is 1.55 bits per heavy atom. The van der Waals surface area contributed by atoms with Crippen molar-refractivity contribution in [2.24, 2.45) is 28.3 Å². The van der Waals surface area contributed by atoms with Crippen LogP contribution in [0.15, 0.2) is 53.5 Å². The van der Waals surface area contributed by atoms with Crippen molar-refractivity contribution in [3.63, 3.8) is 0 Å². The summed E-state index contributed by atoms with van der Waals surface area (Å²) in [5, 5.41) is 47.7. The number of phenols is 2. The number of methoxy groups -OCH3 is 1. The van der Waals surface area contributed by atoms with Crippen LogP contribution in [0.25, 0.3) is 0 Å². The Kier molecular flexibility index (Phi) is 20.7. The molecule has 1 aliphatic carbocycles. The molecule has 3 amide bonds. The Hall–Kier alpha value is -5.67. The molecule has 2 heterocycles. The molecule has 12 atom stereocenters. The zero-order chi connectivity index (χ0) is 52.0. The summed E-state index contributed by atoms with van der Waals surface area (Å²) in [6.45, 7) is 2.58. The smallest absolute Gasteiger partial charge is 0.397 e. The number of aromatic hydroxyl groups is 2. The van der Waals surface area contributed by atoms with Gasteiger partial charge in [0.15, 0.2) is 24.5 Å². The molecule has 394 valence electrons. The second kappa shape index (κ2) is 26.1. The number of benzene rings is 2. The van der Waals surface area contributed by atoms with Gasteiger partial charge < -0.3 is 71.1 Å². The number of amides is 3. The number of aliphatic hydroxyl groups is 2. The topological polar surface area (TPSA) is 368 Å². The number of carbonyl (C=O) groups excluding carboxylic acids is 5. The van der Waals surface area contributed by atoms with E-state index in [1.54, 1.807) is 13.8 Å². The number of nitrogens with two attached hydrogens (primary N) is 2. The molecule has 71 heavy (non-hydrogen) atoms. The number of carbonyl (C=O) groups is 5. The first kappa shape index (κ1) is 56.2. The lowest BCUT2D eigenvalue weighted by atomic mass is 9.82. The minimum absolute atomic E-state index is 0.00189. The molecule has 0 radical (unpaired) electrons. The van der Waals surface area contributed by atoms with Crippen LogP contribution in [-0.4, -0.2) is 168 Å². The van der Waals surface area contributed by atoms with Crippen LogP contribution >= 0.6 is 0 Å². The number of likely N-dealkylation sites (tertiary alicyclic amines) is 1. The second-order valence-corrected chi connectivity index (χ2v) is 18.9. The molecule has 0 aromatic heterocycles. The highest BCUT2D eigenvalue weighted by Gasteiger charge is 2.53. The molecule has 2 aromatic carbocycles. The molecular formula is C46H66N6O18S.